The summed E-state index contributed by atoms with van der Waals surface area (Å²) in [4.78, 5) is 21.2. The lowest BCUT2D eigenvalue weighted by Crippen LogP contribution is -2.20. The van der Waals surface area contributed by atoms with E-state index in [1.165, 1.54) is 0 Å². The van der Waals surface area contributed by atoms with Gasteiger partial charge in [-0.1, -0.05) is 11.8 Å². The number of nitrogens with zero attached hydrogens (tertiary/aromatic N) is 3. The van der Waals surface area contributed by atoms with E-state index in [0.29, 0.717) is 16.6 Å². The molecule has 0 aliphatic carbocycles. The fraction of sp³-hybridized carbons (Fsp3) is 0.200. The van der Waals surface area contributed by atoms with Crippen LogP contribution in [0.25, 0.3) is 5.65 Å². The smallest absolute Gasteiger partial charge is 0.313 e. The molecule has 0 fully saturated rings. The number of carbonyl (C=O) groups excluding carboxylic acids is 1. The van der Waals surface area contributed by atoms with Crippen molar-refractivity contribution in [2.24, 2.45) is 5.73 Å². The van der Waals surface area contributed by atoms with Gasteiger partial charge in [0.1, 0.15) is 0 Å². The minimum atomic E-state index is -0.942. The minimum Gasteiger partial charge on any atom is -0.481 e. The largest absolute Gasteiger partial charge is 0.481 e. The summed E-state index contributed by atoms with van der Waals surface area (Å²) in [7, 11) is 0. The van der Waals surface area contributed by atoms with E-state index in [2.05, 4.69) is 10.2 Å². The van der Waals surface area contributed by atoms with Crippen LogP contribution in [0, 0.1) is 0 Å². The quantitative estimate of drug-likeness (QED) is 0.702. The highest BCUT2D eigenvalue weighted by Crippen LogP contribution is 2.22. The molecule has 0 radical (unpaired) electrons. The molecule has 8 nitrogen and oxygen atoms in total. The van der Waals surface area contributed by atoms with E-state index < -0.39 is 11.9 Å². The Kier molecular flexibility index (Phi) is 3.85. The van der Waals surface area contributed by atoms with Gasteiger partial charge in [-0.2, -0.15) is 0 Å². The Balaban J connectivity index is 2.26. The first kappa shape index (κ1) is 13.1. The van der Waals surface area contributed by atoms with Crippen molar-refractivity contribution >= 4 is 29.3 Å². The number of primary amides is 1. The number of hydrogen-bond donors (Lipinski definition) is 2. The maximum Gasteiger partial charge on any atom is 0.313 e. The Hall–Kier alpha value is -2.29. The zero-order chi connectivity index (χ0) is 13.8. The van der Waals surface area contributed by atoms with Crippen LogP contribution in [-0.2, 0) is 9.59 Å². The summed E-state index contributed by atoms with van der Waals surface area (Å²) in [6, 6.07) is 3.30. The van der Waals surface area contributed by atoms with Crippen molar-refractivity contribution in [3.63, 3.8) is 0 Å². The van der Waals surface area contributed by atoms with Crippen LogP contribution in [0.15, 0.2) is 23.5 Å². The van der Waals surface area contributed by atoms with Crippen LogP contribution in [0.2, 0.25) is 0 Å². The summed E-state index contributed by atoms with van der Waals surface area (Å²) in [5.41, 5.74) is 5.39. The highest BCUT2D eigenvalue weighted by molar-refractivity contribution is 7.99. The second kappa shape index (κ2) is 5.57. The first-order valence-electron chi connectivity index (χ1n) is 5.17. The predicted octanol–water partition coefficient (Wildman–Crippen LogP) is -0.230. The van der Waals surface area contributed by atoms with Gasteiger partial charge < -0.3 is 15.6 Å². The zero-order valence-corrected chi connectivity index (χ0v) is 10.5. The predicted molar refractivity (Wildman–Crippen MR) is 66.0 cm³/mol. The molecule has 0 bridgehead atoms. The molecule has 2 aromatic heterocycles. The number of aromatic nitrogens is 3. The number of amides is 1. The average molecular weight is 282 g/mol. The Morgan fingerprint density at radius 2 is 2.26 bits per heavy atom. The normalized spacial score (nSPS) is 10.5. The van der Waals surface area contributed by atoms with E-state index >= 15 is 0 Å². The fourth-order valence-corrected chi connectivity index (χ4v) is 1.99. The Morgan fingerprint density at radius 1 is 1.47 bits per heavy atom. The molecule has 2 aromatic rings. The van der Waals surface area contributed by atoms with Gasteiger partial charge in [-0.3, -0.25) is 14.0 Å². The molecule has 2 rings (SSSR count). The van der Waals surface area contributed by atoms with Gasteiger partial charge in [0.15, 0.2) is 17.5 Å². The number of thioether (sulfide) groups is 1. The van der Waals surface area contributed by atoms with E-state index in [4.69, 9.17) is 15.6 Å². The van der Waals surface area contributed by atoms with Gasteiger partial charge >= 0.3 is 5.97 Å². The molecule has 0 aliphatic rings. The van der Waals surface area contributed by atoms with Crippen molar-refractivity contribution in [1.29, 1.82) is 0 Å². The third-order valence-corrected chi connectivity index (χ3v) is 2.99. The number of pyridine rings is 1. The number of hydrogen-bond acceptors (Lipinski definition) is 6. The van der Waals surface area contributed by atoms with Gasteiger partial charge in [-0.25, -0.2) is 0 Å². The van der Waals surface area contributed by atoms with Crippen molar-refractivity contribution in [3.8, 4) is 5.75 Å². The molecular formula is C10H10N4O4S. The molecule has 19 heavy (non-hydrogen) atoms. The molecule has 0 aliphatic heterocycles. The number of carbonyl (C=O) groups is 2. The SMILES string of the molecule is NC(=O)COc1cccn2c(SCC(=O)O)nnc12. The third-order valence-electron chi connectivity index (χ3n) is 2.06. The van der Waals surface area contributed by atoms with E-state index in [-0.39, 0.29) is 12.4 Å². The highest BCUT2D eigenvalue weighted by Gasteiger charge is 2.12. The van der Waals surface area contributed by atoms with E-state index in [9.17, 15) is 9.59 Å². The second-order valence-corrected chi connectivity index (χ2v) is 4.43. The molecule has 2 heterocycles. The molecule has 9 heteroatoms. The van der Waals surface area contributed by atoms with Gasteiger partial charge in [0.2, 0.25) is 5.65 Å². The summed E-state index contributed by atoms with van der Waals surface area (Å²) in [6.45, 7) is -0.260. The zero-order valence-electron chi connectivity index (χ0n) is 9.65. The number of rotatable bonds is 6. The summed E-state index contributed by atoms with van der Waals surface area (Å²) < 4.78 is 6.78. The Morgan fingerprint density at radius 3 is 2.95 bits per heavy atom. The maximum absolute atomic E-state index is 10.7. The van der Waals surface area contributed by atoms with Crippen molar-refractivity contribution in [3.05, 3.63) is 18.3 Å². The number of carboxylic acids is 1. The van der Waals surface area contributed by atoms with E-state index in [0.717, 1.165) is 11.8 Å². The van der Waals surface area contributed by atoms with Crippen LogP contribution in [-0.4, -0.2) is 43.9 Å². The van der Waals surface area contributed by atoms with Gasteiger partial charge in [-0.15, -0.1) is 10.2 Å². The number of ether oxygens (including phenoxy) is 1. The van der Waals surface area contributed by atoms with Crippen LogP contribution in [0.3, 0.4) is 0 Å². The molecule has 0 saturated carbocycles. The van der Waals surface area contributed by atoms with Crippen LogP contribution in [0.5, 0.6) is 5.75 Å². The number of fused-ring (bicyclic) bond motifs is 1. The second-order valence-electron chi connectivity index (χ2n) is 3.49. The maximum atomic E-state index is 10.7. The van der Waals surface area contributed by atoms with Gasteiger partial charge in [0.05, 0.1) is 5.75 Å². The molecule has 0 atom stereocenters. The van der Waals surface area contributed by atoms with Crippen LogP contribution < -0.4 is 10.5 Å². The van der Waals surface area contributed by atoms with Crippen molar-refractivity contribution < 1.29 is 19.4 Å². The molecular weight excluding hydrogens is 272 g/mol. The fourth-order valence-electron chi connectivity index (χ4n) is 1.36. The summed E-state index contributed by atoms with van der Waals surface area (Å²) in [5, 5.41) is 16.8. The molecule has 3 N–H and O–H groups in total. The standard InChI is InChI=1S/C10H10N4O4S/c11-7(15)4-18-6-2-1-3-14-9(6)12-13-10(14)19-5-8(16)17/h1-3H,4-5H2,(H2,11,15)(H,16,17). The van der Waals surface area contributed by atoms with Gasteiger partial charge in [-0.05, 0) is 12.1 Å². The van der Waals surface area contributed by atoms with Crippen LogP contribution >= 0.6 is 11.8 Å². The summed E-state index contributed by atoms with van der Waals surface area (Å²) in [6.07, 6.45) is 1.68. The van der Waals surface area contributed by atoms with E-state index in [1.807, 2.05) is 0 Å². The number of nitrogens with two attached hydrogens (primary N) is 1. The molecule has 0 unspecified atom stereocenters. The lowest BCUT2D eigenvalue weighted by Gasteiger charge is -2.04. The molecule has 1 amide bonds. The Labute approximate surface area is 111 Å². The molecule has 100 valence electrons. The van der Waals surface area contributed by atoms with Gasteiger partial charge in [0.25, 0.3) is 5.91 Å². The number of carboxylic acid groups (broad SMARTS) is 1. The van der Waals surface area contributed by atoms with Crippen molar-refractivity contribution in [1.82, 2.24) is 14.6 Å². The first-order valence-corrected chi connectivity index (χ1v) is 6.16. The average Bonchev–Trinajstić information content (AvgIpc) is 2.77. The Bertz CT molecular complexity index is 627. The summed E-state index contributed by atoms with van der Waals surface area (Å²) in [5.74, 6) is -1.30. The monoisotopic (exact) mass is 282 g/mol. The highest BCUT2D eigenvalue weighted by atomic mass is 32.2. The first-order chi connectivity index (χ1) is 9.08. The van der Waals surface area contributed by atoms with Crippen molar-refractivity contribution in [2.45, 2.75) is 5.16 Å². The number of aliphatic carboxylic acids is 1. The van der Waals surface area contributed by atoms with Crippen molar-refractivity contribution in [2.75, 3.05) is 12.4 Å². The van der Waals surface area contributed by atoms with Crippen LogP contribution in [0.1, 0.15) is 0 Å². The van der Waals surface area contributed by atoms with Crippen LogP contribution in [0.4, 0.5) is 0 Å². The minimum absolute atomic E-state index is 0.118. The third kappa shape index (κ3) is 3.13. The molecule has 0 saturated heterocycles. The lowest BCUT2D eigenvalue weighted by molar-refractivity contribution is -0.133. The molecule has 0 spiro atoms. The lowest BCUT2D eigenvalue weighted by atomic mass is 10.4. The molecule has 0 aromatic carbocycles. The summed E-state index contributed by atoms with van der Waals surface area (Å²) >= 11 is 1.04. The van der Waals surface area contributed by atoms with Gasteiger partial charge in [0, 0.05) is 6.20 Å². The topological polar surface area (TPSA) is 120 Å². The van der Waals surface area contributed by atoms with E-state index in [1.54, 1.807) is 22.7 Å².